The van der Waals surface area contributed by atoms with Crippen molar-refractivity contribution in [2.75, 3.05) is 19.8 Å². The Kier molecular flexibility index (Phi) is 8.84. The quantitative estimate of drug-likeness (QED) is 0.384. The van der Waals surface area contributed by atoms with Crippen molar-refractivity contribution in [1.82, 2.24) is 9.47 Å². The molecule has 2 heterocycles. The lowest BCUT2D eigenvalue weighted by Gasteiger charge is -2.32. The van der Waals surface area contributed by atoms with Crippen molar-refractivity contribution in [2.45, 2.75) is 44.6 Å². The molecular formula is C25H27ClF5N3O2. The van der Waals surface area contributed by atoms with Crippen molar-refractivity contribution < 1.29 is 31.5 Å². The molecule has 4 rings (SSSR count). The van der Waals surface area contributed by atoms with Gasteiger partial charge in [-0.1, -0.05) is 24.3 Å². The predicted octanol–water partition coefficient (Wildman–Crippen LogP) is 5.94. The van der Waals surface area contributed by atoms with E-state index in [4.69, 9.17) is 5.73 Å². The van der Waals surface area contributed by atoms with Crippen molar-refractivity contribution in [3.8, 4) is 5.75 Å². The Balaban J connectivity index is 0.00000361. The molecule has 0 saturated carbocycles. The fourth-order valence-corrected chi connectivity index (χ4v) is 4.71. The van der Waals surface area contributed by atoms with Crippen LogP contribution < -0.4 is 10.5 Å². The number of piperidine rings is 1. The zero-order valence-corrected chi connectivity index (χ0v) is 20.2. The number of aromatic nitrogens is 1. The van der Waals surface area contributed by atoms with Crippen molar-refractivity contribution in [3.63, 3.8) is 0 Å². The van der Waals surface area contributed by atoms with Crippen LogP contribution in [0.4, 0.5) is 22.0 Å². The van der Waals surface area contributed by atoms with Crippen LogP contribution in [0, 0.1) is 5.82 Å². The van der Waals surface area contributed by atoms with E-state index in [1.54, 1.807) is 23.1 Å². The molecule has 0 bridgehead atoms. The molecule has 0 unspecified atom stereocenters. The van der Waals surface area contributed by atoms with Gasteiger partial charge in [-0.2, -0.15) is 0 Å². The lowest BCUT2D eigenvalue weighted by molar-refractivity contribution is -0.274. The van der Waals surface area contributed by atoms with Crippen LogP contribution in [0.25, 0.3) is 10.9 Å². The third kappa shape index (κ3) is 5.92. The van der Waals surface area contributed by atoms with Crippen molar-refractivity contribution in [1.29, 1.82) is 0 Å². The Morgan fingerprint density at radius 2 is 1.86 bits per heavy atom. The monoisotopic (exact) mass is 531 g/mol. The standard InChI is InChI=1S/C25H26F5N3O2.ClH/c26-9-2-10-33-15-20(18-3-1-4-22(23(18)33)35-25(28,29)30)24(34)32-11-7-17(8-12-32)19-13-16(14-31)5-6-21(19)27;/h1,3-6,13,15,17H,2,7-12,14,31H2;1H. The molecule has 0 spiro atoms. The number of benzene rings is 2. The molecule has 1 saturated heterocycles. The predicted molar refractivity (Wildman–Crippen MR) is 129 cm³/mol. The van der Waals surface area contributed by atoms with Gasteiger partial charge < -0.3 is 19.9 Å². The van der Waals surface area contributed by atoms with Crippen molar-refractivity contribution in [2.24, 2.45) is 5.73 Å². The maximum atomic E-state index is 14.4. The van der Waals surface area contributed by atoms with Crippen LogP contribution in [0.3, 0.4) is 0 Å². The lowest BCUT2D eigenvalue weighted by Crippen LogP contribution is -2.38. The van der Waals surface area contributed by atoms with Gasteiger partial charge in [-0.25, -0.2) is 4.39 Å². The molecular weight excluding hydrogens is 505 g/mol. The molecule has 1 aliphatic heterocycles. The average Bonchev–Trinajstić information content (AvgIpc) is 3.21. The molecule has 1 aliphatic rings. The van der Waals surface area contributed by atoms with E-state index in [0.29, 0.717) is 43.4 Å². The highest BCUT2D eigenvalue weighted by Gasteiger charge is 2.33. The number of carbonyl (C=O) groups is 1. The number of amides is 1. The summed E-state index contributed by atoms with van der Waals surface area (Å²) in [6.07, 6.45) is -2.29. The van der Waals surface area contributed by atoms with E-state index in [2.05, 4.69) is 4.74 Å². The van der Waals surface area contributed by atoms with E-state index >= 15 is 0 Å². The van der Waals surface area contributed by atoms with Crippen LogP contribution in [0.2, 0.25) is 0 Å². The molecule has 2 N–H and O–H groups in total. The largest absolute Gasteiger partial charge is 0.573 e. The average molecular weight is 532 g/mol. The Morgan fingerprint density at radius 1 is 1.14 bits per heavy atom. The first-order valence-electron chi connectivity index (χ1n) is 11.4. The van der Waals surface area contributed by atoms with Gasteiger partial charge >= 0.3 is 6.36 Å². The van der Waals surface area contributed by atoms with Gasteiger partial charge in [0.05, 0.1) is 17.8 Å². The van der Waals surface area contributed by atoms with Crippen LogP contribution >= 0.6 is 12.4 Å². The SMILES string of the molecule is Cl.NCc1ccc(F)c(C2CCN(C(=O)c3cn(CCCF)c4c(OC(F)(F)F)cccc34)CC2)c1. The third-order valence-electron chi connectivity index (χ3n) is 6.37. The summed E-state index contributed by atoms with van der Waals surface area (Å²) in [4.78, 5) is 15.0. The molecule has 3 aromatic rings. The number of halogens is 6. The minimum Gasteiger partial charge on any atom is -0.404 e. The van der Waals surface area contributed by atoms with E-state index in [1.807, 2.05) is 0 Å². The first kappa shape index (κ1) is 27.7. The van der Waals surface area contributed by atoms with E-state index in [0.717, 1.165) is 5.56 Å². The fraction of sp³-hybridized carbons (Fsp3) is 0.400. The second kappa shape index (κ2) is 11.5. The second-order valence-electron chi connectivity index (χ2n) is 8.61. The molecule has 196 valence electrons. The fourth-order valence-electron chi connectivity index (χ4n) is 4.71. The summed E-state index contributed by atoms with van der Waals surface area (Å²) in [6, 6.07) is 8.93. The highest BCUT2D eigenvalue weighted by molar-refractivity contribution is 6.08. The molecule has 1 fully saturated rings. The van der Waals surface area contributed by atoms with Crippen molar-refractivity contribution in [3.05, 3.63) is 65.1 Å². The van der Waals surface area contributed by atoms with Gasteiger partial charge in [0, 0.05) is 37.8 Å². The zero-order valence-electron chi connectivity index (χ0n) is 19.4. The van der Waals surface area contributed by atoms with Gasteiger partial charge in [0.2, 0.25) is 0 Å². The molecule has 2 aromatic carbocycles. The van der Waals surface area contributed by atoms with Gasteiger partial charge in [0.15, 0.2) is 5.75 Å². The minimum atomic E-state index is -4.91. The van der Waals surface area contributed by atoms with E-state index in [1.165, 1.54) is 29.0 Å². The van der Waals surface area contributed by atoms with E-state index in [-0.39, 0.29) is 54.1 Å². The number of aryl methyl sites for hydroxylation is 1. The van der Waals surface area contributed by atoms with Gasteiger partial charge in [0.1, 0.15) is 5.82 Å². The number of nitrogens with zero attached hydrogens (tertiary/aromatic N) is 2. The number of alkyl halides is 4. The molecule has 1 amide bonds. The Morgan fingerprint density at radius 3 is 2.50 bits per heavy atom. The summed E-state index contributed by atoms with van der Waals surface area (Å²) >= 11 is 0. The van der Waals surface area contributed by atoms with Gasteiger partial charge in [-0.3, -0.25) is 9.18 Å². The molecule has 11 heteroatoms. The van der Waals surface area contributed by atoms with Gasteiger partial charge in [-0.15, -0.1) is 25.6 Å². The molecule has 0 aliphatic carbocycles. The number of carbonyl (C=O) groups excluding carboxylic acids is 1. The molecule has 36 heavy (non-hydrogen) atoms. The van der Waals surface area contributed by atoms with E-state index < -0.39 is 18.8 Å². The van der Waals surface area contributed by atoms with Crippen LogP contribution in [0.15, 0.2) is 42.6 Å². The Bertz CT molecular complexity index is 1210. The van der Waals surface area contributed by atoms with Crippen LogP contribution in [0.1, 0.15) is 46.7 Å². The number of fused-ring (bicyclic) bond motifs is 1. The summed E-state index contributed by atoms with van der Waals surface area (Å²) in [5.74, 6) is -1.15. The topological polar surface area (TPSA) is 60.5 Å². The van der Waals surface area contributed by atoms with E-state index in [9.17, 15) is 26.7 Å². The summed E-state index contributed by atoms with van der Waals surface area (Å²) in [5.41, 5.74) is 7.41. The number of nitrogens with two attached hydrogens (primary N) is 1. The minimum absolute atomic E-state index is 0. The highest BCUT2D eigenvalue weighted by Crippen LogP contribution is 2.36. The first-order chi connectivity index (χ1) is 16.7. The zero-order chi connectivity index (χ0) is 25.2. The Hall–Kier alpha value is -2.85. The number of hydrogen-bond donors (Lipinski definition) is 1. The van der Waals surface area contributed by atoms with Crippen LogP contribution in [-0.4, -0.2) is 41.5 Å². The molecule has 0 atom stereocenters. The van der Waals surface area contributed by atoms with Crippen LogP contribution in [0.5, 0.6) is 5.75 Å². The van der Waals surface area contributed by atoms with Crippen molar-refractivity contribution >= 4 is 29.2 Å². The summed E-state index contributed by atoms with van der Waals surface area (Å²) < 4.78 is 71.7. The number of para-hydroxylation sites is 1. The maximum absolute atomic E-state index is 14.4. The third-order valence-corrected chi connectivity index (χ3v) is 6.37. The van der Waals surface area contributed by atoms with Gasteiger partial charge in [-0.05, 0) is 48.4 Å². The summed E-state index contributed by atoms with van der Waals surface area (Å²) in [7, 11) is 0. The molecule has 1 aromatic heterocycles. The number of likely N-dealkylation sites (tertiary alicyclic amines) is 1. The summed E-state index contributed by atoms with van der Waals surface area (Å²) in [5, 5.41) is 0.305. The number of rotatable bonds is 7. The second-order valence-corrected chi connectivity index (χ2v) is 8.61. The lowest BCUT2D eigenvalue weighted by atomic mass is 9.88. The molecule has 0 radical (unpaired) electrons. The Labute approximate surface area is 211 Å². The highest BCUT2D eigenvalue weighted by atomic mass is 35.5. The smallest absolute Gasteiger partial charge is 0.404 e. The molecule has 5 nitrogen and oxygen atoms in total. The summed E-state index contributed by atoms with van der Waals surface area (Å²) in [6.45, 7) is 0.479. The first-order valence-corrected chi connectivity index (χ1v) is 11.4. The number of ether oxygens (including phenoxy) is 1. The van der Waals surface area contributed by atoms with Gasteiger partial charge in [0.25, 0.3) is 5.91 Å². The number of hydrogen-bond acceptors (Lipinski definition) is 3. The van der Waals surface area contributed by atoms with Crippen LogP contribution in [-0.2, 0) is 13.1 Å². The maximum Gasteiger partial charge on any atom is 0.573 e. The normalized spacial score (nSPS) is 14.7.